The Balaban J connectivity index is 2.04. The lowest BCUT2D eigenvalue weighted by Gasteiger charge is -2.25. The average Bonchev–Trinajstić information content (AvgIpc) is 2.60. The largest absolute Gasteiger partial charge is 0.507 e. The molecule has 0 amide bonds. The van der Waals surface area contributed by atoms with Gasteiger partial charge >= 0.3 is 5.97 Å². The summed E-state index contributed by atoms with van der Waals surface area (Å²) in [6, 6.07) is 13.4. The van der Waals surface area contributed by atoms with Gasteiger partial charge in [-0.3, -0.25) is 4.79 Å². The van der Waals surface area contributed by atoms with Crippen molar-refractivity contribution in [1.82, 2.24) is 0 Å². The number of hydrogen-bond acceptors (Lipinski definition) is 5. The van der Waals surface area contributed by atoms with E-state index in [4.69, 9.17) is 9.47 Å². The maximum Gasteiger partial charge on any atom is 0.350 e. The summed E-state index contributed by atoms with van der Waals surface area (Å²) in [7, 11) is 0. The fraction of sp³-hybridized carbons (Fsp3) is 0.273. The first-order chi connectivity index (χ1) is 12.7. The van der Waals surface area contributed by atoms with Crippen LogP contribution in [0.5, 0.6) is 11.5 Å². The number of ketones is 1. The second-order valence-electron chi connectivity index (χ2n) is 6.85. The molecule has 142 valence electrons. The molecule has 0 aliphatic carbocycles. The Morgan fingerprint density at radius 2 is 1.67 bits per heavy atom. The second-order valence-corrected chi connectivity index (χ2v) is 6.85. The van der Waals surface area contributed by atoms with E-state index in [0.29, 0.717) is 5.75 Å². The Kier molecular flexibility index (Phi) is 6.40. The average molecular weight is 368 g/mol. The molecule has 0 saturated heterocycles. The van der Waals surface area contributed by atoms with Crippen molar-refractivity contribution in [3.63, 3.8) is 0 Å². The van der Waals surface area contributed by atoms with Gasteiger partial charge in [0.05, 0.1) is 11.7 Å². The van der Waals surface area contributed by atoms with Crippen LogP contribution in [0.1, 0.15) is 43.6 Å². The van der Waals surface area contributed by atoms with Crippen LogP contribution in [0.25, 0.3) is 6.08 Å². The first kappa shape index (κ1) is 20.2. The molecule has 0 heterocycles. The molecule has 0 aliphatic heterocycles. The van der Waals surface area contributed by atoms with Crippen molar-refractivity contribution in [3.05, 3.63) is 65.7 Å². The predicted molar refractivity (Wildman–Crippen MR) is 104 cm³/mol. The van der Waals surface area contributed by atoms with Crippen molar-refractivity contribution >= 4 is 17.8 Å². The fourth-order valence-electron chi connectivity index (χ4n) is 2.28. The van der Waals surface area contributed by atoms with Gasteiger partial charge in [0.15, 0.2) is 11.4 Å². The van der Waals surface area contributed by atoms with E-state index in [1.54, 1.807) is 76.2 Å². The van der Waals surface area contributed by atoms with Gasteiger partial charge in [-0.1, -0.05) is 30.3 Å². The van der Waals surface area contributed by atoms with Crippen molar-refractivity contribution in [2.75, 3.05) is 0 Å². The highest BCUT2D eigenvalue weighted by atomic mass is 16.6. The Hall–Kier alpha value is -3.08. The highest BCUT2D eigenvalue weighted by Gasteiger charge is 2.32. The van der Waals surface area contributed by atoms with E-state index in [0.717, 1.165) is 5.56 Å². The van der Waals surface area contributed by atoms with Crippen molar-refractivity contribution in [3.8, 4) is 11.5 Å². The van der Waals surface area contributed by atoms with E-state index < -0.39 is 11.6 Å². The zero-order valence-corrected chi connectivity index (χ0v) is 15.9. The Morgan fingerprint density at radius 3 is 2.26 bits per heavy atom. The minimum absolute atomic E-state index is 0.0496. The third-order valence-electron chi connectivity index (χ3n) is 3.68. The van der Waals surface area contributed by atoms with Gasteiger partial charge in [-0.05, 0) is 63.6 Å². The highest BCUT2D eigenvalue weighted by Crippen LogP contribution is 2.22. The summed E-state index contributed by atoms with van der Waals surface area (Å²) in [5, 5.41) is 9.71. The minimum Gasteiger partial charge on any atom is -0.507 e. The smallest absolute Gasteiger partial charge is 0.350 e. The predicted octanol–water partition coefficient (Wildman–Crippen LogP) is 4.40. The molecule has 0 unspecified atom stereocenters. The monoisotopic (exact) mass is 368 g/mol. The maximum absolute atomic E-state index is 12.1. The van der Waals surface area contributed by atoms with Crippen LogP contribution in [-0.4, -0.2) is 28.6 Å². The molecule has 5 nitrogen and oxygen atoms in total. The van der Waals surface area contributed by atoms with Crippen LogP contribution in [0.15, 0.2) is 54.6 Å². The van der Waals surface area contributed by atoms with E-state index in [2.05, 4.69) is 0 Å². The lowest BCUT2D eigenvalue weighted by atomic mass is 10.1. The van der Waals surface area contributed by atoms with Crippen LogP contribution in [0.4, 0.5) is 0 Å². The summed E-state index contributed by atoms with van der Waals surface area (Å²) in [4.78, 5) is 24.2. The quantitative estimate of drug-likeness (QED) is 0.446. The van der Waals surface area contributed by atoms with Crippen LogP contribution in [0.2, 0.25) is 0 Å². The summed E-state index contributed by atoms with van der Waals surface area (Å²) in [6.07, 6.45) is 2.83. The maximum atomic E-state index is 12.1. The normalized spacial score (nSPS) is 11.6. The number of esters is 1. The van der Waals surface area contributed by atoms with Crippen molar-refractivity contribution in [1.29, 1.82) is 0 Å². The molecule has 0 bridgehead atoms. The Labute approximate surface area is 159 Å². The molecular weight excluding hydrogens is 344 g/mol. The minimum atomic E-state index is -1.11. The zero-order chi connectivity index (χ0) is 20.0. The number of hydrogen-bond donors (Lipinski definition) is 1. The van der Waals surface area contributed by atoms with Gasteiger partial charge in [0.25, 0.3) is 0 Å². The molecule has 2 aromatic rings. The van der Waals surface area contributed by atoms with Crippen molar-refractivity contribution in [2.45, 2.75) is 39.4 Å². The number of phenols is 1. The first-order valence-corrected chi connectivity index (χ1v) is 8.69. The molecule has 0 radical (unpaired) electrons. The Bertz CT molecular complexity index is 832. The lowest BCUT2D eigenvalue weighted by molar-refractivity contribution is -0.163. The number of aromatic hydroxyl groups is 1. The van der Waals surface area contributed by atoms with E-state index >= 15 is 0 Å². The summed E-state index contributed by atoms with van der Waals surface area (Å²) < 4.78 is 10.9. The molecule has 1 N–H and O–H groups in total. The molecule has 5 heteroatoms. The topological polar surface area (TPSA) is 72.8 Å². The van der Waals surface area contributed by atoms with E-state index in [9.17, 15) is 14.7 Å². The van der Waals surface area contributed by atoms with Crippen LogP contribution in [0.3, 0.4) is 0 Å². The van der Waals surface area contributed by atoms with Crippen LogP contribution in [0, 0.1) is 0 Å². The molecule has 0 spiro atoms. The van der Waals surface area contributed by atoms with Gasteiger partial charge < -0.3 is 14.6 Å². The number of carbonyl (C=O) groups excluding carboxylic acids is 2. The van der Waals surface area contributed by atoms with Crippen molar-refractivity contribution in [2.24, 2.45) is 0 Å². The number of para-hydroxylation sites is 1. The van der Waals surface area contributed by atoms with E-state index in [1.807, 2.05) is 0 Å². The number of phenolic OH excluding ortho intramolecular Hbond substituents is 1. The summed E-state index contributed by atoms with van der Waals surface area (Å²) in [6.45, 7) is 6.87. The van der Waals surface area contributed by atoms with Crippen molar-refractivity contribution < 1.29 is 24.2 Å². The van der Waals surface area contributed by atoms with Crippen LogP contribution in [-0.2, 0) is 9.53 Å². The van der Waals surface area contributed by atoms with Crippen LogP contribution < -0.4 is 4.74 Å². The number of benzene rings is 2. The summed E-state index contributed by atoms with van der Waals surface area (Å²) in [5.74, 6) is -0.253. The highest BCUT2D eigenvalue weighted by molar-refractivity contribution is 6.08. The van der Waals surface area contributed by atoms with E-state index in [1.165, 1.54) is 12.1 Å². The van der Waals surface area contributed by atoms with Gasteiger partial charge in [-0.2, -0.15) is 0 Å². The fourth-order valence-corrected chi connectivity index (χ4v) is 2.28. The van der Waals surface area contributed by atoms with Gasteiger partial charge in [-0.25, -0.2) is 4.79 Å². The summed E-state index contributed by atoms with van der Waals surface area (Å²) >= 11 is 0. The molecule has 27 heavy (non-hydrogen) atoms. The van der Waals surface area contributed by atoms with Gasteiger partial charge in [0, 0.05) is 0 Å². The second kappa shape index (κ2) is 8.54. The Morgan fingerprint density at radius 1 is 1.04 bits per heavy atom. The number of allylic oxidation sites excluding steroid dienone is 1. The van der Waals surface area contributed by atoms with Gasteiger partial charge in [0.2, 0.25) is 0 Å². The SMILES string of the molecule is CC(C)OC(=O)C(C)(C)Oc1ccc(C=CC(=O)c2ccccc2O)cc1. The molecular formula is C22H24O5. The third kappa shape index (κ3) is 5.71. The zero-order valence-electron chi connectivity index (χ0n) is 15.9. The number of carbonyl (C=O) groups is 2. The first-order valence-electron chi connectivity index (χ1n) is 8.69. The van der Waals surface area contributed by atoms with Crippen LogP contribution >= 0.6 is 0 Å². The molecule has 0 saturated carbocycles. The van der Waals surface area contributed by atoms with Gasteiger partial charge in [-0.15, -0.1) is 0 Å². The third-order valence-corrected chi connectivity index (χ3v) is 3.68. The van der Waals surface area contributed by atoms with Gasteiger partial charge in [0.1, 0.15) is 11.5 Å². The molecule has 0 atom stereocenters. The van der Waals surface area contributed by atoms with E-state index in [-0.39, 0.29) is 23.2 Å². The molecule has 0 aliphatic rings. The standard InChI is InChI=1S/C22H24O5/c1-15(2)26-21(25)22(3,4)27-17-12-9-16(10-13-17)11-14-20(24)18-7-5-6-8-19(18)23/h5-15,23H,1-4H3. The summed E-state index contributed by atoms with van der Waals surface area (Å²) in [5.41, 5.74) is -0.0737. The molecule has 2 rings (SSSR count). The molecule has 2 aromatic carbocycles. The molecule has 0 aromatic heterocycles. The lowest BCUT2D eigenvalue weighted by Crippen LogP contribution is -2.40. The number of ether oxygens (including phenoxy) is 2. The number of rotatable bonds is 7. The molecule has 0 fully saturated rings.